The van der Waals surface area contributed by atoms with Gasteiger partial charge in [-0.2, -0.15) is 5.10 Å². The average Bonchev–Trinajstić information content (AvgIpc) is 3.44. The topological polar surface area (TPSA) is 101 Å². The van der Waals surface area contributed by atoms with E-state index in [-0.39, 0.29) is 18.1 Å². The molecule has 170 valence electrons. The molecule has 1 aliphatic rings. The van der Waals surface area contributed by atoms with E-state index >= 15 is 0 Å². The third-order valence-corrected chi connectivity index (χ3v) is 5.76. The van der Waals surface area contributed by atoms with Gasteiger partial charge >= 0.3 is 0 Å². The van der Waals surface area contributed by atoms with Gasteiger partial charge in [0.1, 0.15) is 5.76 Å². The van der Waals surface area contributed by atoms with Crippen molar-refractivity contribution in [3.8, 4) is 0 Å². The minimum atomic E-state index is -0.471. The molecule has 1 aliphatic heterocycles. The van der Waals surface area contributed by atoms with Crippen molar-refractivity contribution in [3.63, 3.8) is 0 Å². The van der Waals surface area contributed by atoms with E-state index in [1.165, 1.54) is 23.3 Å². The minimum Gasteiger partial charge on any atom is -0.467 e. The number of carbonyl (C=O) groups is 1. The molecular formula is C25H20N4O4S. The zero-order valence-electron chi connectivity index (χ0n) is 18.2. The van der Waals surface area contributed by atoms with Crippen molar-refractivity contribution in [2.24, 2.45) is 10.2 Å². The summed E-state index contributed by atoms with van der Waals surface area (Å²) in [5.41, 5.74) is 2.45. The van der Waals surface area contributed by atoms with Crippen LogP contribution in [0.1, 0.15) is 23.8 Å². The normalized spacial score (nSPS) is 16.8. The van der Waals surface area contributed by atoms with Crippen molar-refractivity contribution in [1.82, 2.24) is 4.90 Å². The van der Waals surface area contributed by atoms with Gasteiger partial charge in [0.2, 0.25) is 0 Å². The van der Waals surface area contributed by atoms with Crippen LogP contribution in [0, 0.1) is 10.1 Å². The lowest BCUT2D eigenvalue weighted by Crippen LogP contribution is -2.28. The monoisotopic (exact) mass is 472 g/mol. The number of benzene rings is 2. The van der Waals surface area contributed by atoms with E-state index in [0.29, 0.717) is 21.4 Å². The van der Waals surface area contributed by atoms with E-state index in [4.69, 9.17) is 4.42 Å². The number of hydrogen-bond donors (Lipinski definition) is 0. The Balaban J connectivity index is 1.60. The van der Waals surface area contributed by atoms with E-state index in [9.17, 15) is 14.9 Å². The predicted octanol–water partition coefficient (Wildman–Crippen LogP) is 5.75. The summed E-state index contributed by atoms with van der Waals surface area (Å²) < 4.78 is 5.40. The third-order valence-electron chi connectivity index (χ3n) is 4.76. The van der Waals surface area contributed by atoms with Crippen molar-refractivity contribution in [1.29, 1.82) is 0 Å². The van der Waals surface area contributed by atoms with Gasteiger partial charge in [-0.3, -0.25) is 19.8 Å². The quantitative estimate of drug-likeness (QED) is 0.189. The number of carbonyl (C=O) groups excluding carboxylic acids is 1. The number of nitro benzene ring substituents is 1. The molecule has 0 bridgehead atoms. The van der Waals surface area contributed by atoms with Crippen LogP contribution in [0.3, 0.4) is 0 Å². The Morgan fingerprint density at radius 1 is 1.12 bits per heavy atom. The number of amidine groups is 1. The van der Waals surface area contributed by atoms with E-state index in [1.807, 2.05) is 43.3 Å². The van der Waals surface area contributed by atoms with Gasteiger partial charge < -0.3 is 4.42 Å². The molecule has 1 fully saturated rings. The molecule has 4 rings (SSSR count). The van der Waals surface area contributed by atoms with Gasteiger partial charge in [-0.15, -0.1) is 5.10 Å². The molecule has 0 N–H and O–H groups in total. The average molecular weight is 473 g/mol. The smallest absolute Gasteiger partial charge is 0.270 e. The van der Waals surface area contributed by atoms with Crippen LogP contribution in [0.5, 0.6) is 0 Å². The second-order valence-electron chi connectivity index (χ2n) is 7.36. The SMILES string of the molecule is CC(/C=N\N=C1\S/C(=C\c2cccc([N+](=O)[O-])c2)C(=O)N1Cc1ccco1)=C\c1ccccc1. The molecule has 0 spiro atoms. The van der Waals surface area contributed by atoms with Gasteiger partial charge in [-0.05, 0) is 53.6 Å². The van der Waals surface area contributed by atoms with E-state index in [1.54, 1.807) is 36.6 Å². The van der Waals surface area contributed by atoms with Crippen molar-refractivity contribution in [2.45, 2.75) is 13.5 Å². The van der Waals surface area contributed by atoms with E-state index in [2.05, 4.69) is 10.2 Å². The minimum absolute atomic E-state index is 0.0450. The second-order valence-corrected chi connectivity index (χ2v) is 8.37. The lowest BCUT2D eigenvalue weighted by Gasteiger charge is -2.12. The fourth-order valence-electron chi connectivity index (χ4n) is 3.18. The third kappa shape index (κ3) is 5.76. The zero-order chi connectivity index (χ0) is 23.9. The zero-order valence-corrected chi connectivity index (χ0v) is 19.0. The van der Waals surface area contributed by atoms with Gasteiger partial charge in [-0.1, -0.05) is 48.5 Å². The lowest BCUT2D eigenvalue weighted by molar-refractivity contribution is -0.384. The largest absolute Gasteiger partial charge is 0.467 e. The summed E-state index contributed by atoms with van der Waals surface area (Å²) in [6.07, 6.45) is 6.75. The lowest BCUT2D eigenvalue weighted by atomic mass is 10.1. The maximum atomic E-state index is 13.1. The summed E-state index contributed by atoms with van der Waals surface area (Å²) in [5, 5.41) is 19.9. The molecule has 0 radical (unpaired) electrons. The van der Waals surface area contributed by atoms with E-state index < -0.39 is 4.92 Å². The van der Waals surface area contributed by atoms with Crippen molar-refractivity contribution < 1.29 is 14.1 Å². The molecule has 0 saturated carbocycles. The number of nitrogens with zero attached hydrogens (tertiary/aromatic N) is 4. The number of rotatable bonds is 7. The fourth-order valence-corrected chi connectivity index (χ4v) is 4.11. The van der Waals surface area contributed by atoms with Gasteiger partial charge in [0.15, 0.2) is 5.17 Å². The number of furan rings is 1. The summed E-state index contributed by atoms with van der Waals surface area (Å²) in [5.74, 6) is 0.320. The van der Waals surface area contributed by atoms with Crippen molar-refractivity contribution >= 4 is 46.9 Å². The Bertz CT molecular complexity index is 1310. The Kier molecular flexibility index (Phi) is 7.14. The first-order valence-electron chi connectivity index (χ1n) is 10.3. The van der Waals surface area contributed by atoms with Crippen LogP contribution in [0.15, 0.2) is 98.1 Å². The molecule has 0 unspecified atom stereocenters. The molecular weight excluding hydrogens is 452 g/mol. The standard InChI is InChI=1S/C25H20N4O4S/c1-18(13-19-7-3-2-4-8-19)16-26-27-25-28(17-22-11-6-12-33-22)24(30)23(34-25)15-20-9-5-10-21(14-20)29(31)32/h2-16H,17H2,1H3/b18-13+,23-15-,26-16-,27-25+. The molecule has 1 amide bonds. The first kappa shape index (κ1) is 22.9. The molecule has 9 heteroatoms. The molecule has 8 nitrogen and oxygen atoms in total. The first-order chi connectivity index (χ1) is 16.5. The summed E-state index contributed by atoms with van der Waals surface area (Å²) in [4.78, 5) is 25.6. The first-order valence-corrected chi connectivity index (χ1v) is 11.1. The van der Waals surface area contributed by atoms with E-state index in [0.717, 1.165) is 22.9 Å². The number of allylic oxidation sites excluding steroid dienone is 1. The molecule has 0 aliphatic carbocycles. The van der Waals surface area contributed by atoms with Gasteiger partial charge in [0.25, 0.3) is 11.6 Å². The van der Waals surface area contributed by atoms with Gasteiger partial charge in [-0.25, -0.2) is 0 Å². The van der Waals surface area contributed by atoms with Crippen LogP contribution in [-0.2, 0) is 11.3 Å². The Morgan fingerprint density at radius 2 is 1.91 bits per heavy atom. The molecule has 1 saturated heterocycles. The number of thioether (sulfide) groups is 1. The van der Waals surface area contributed by atoms with Crippen molar-refractivity contribution in [2.75, 3.05) is 0 Å². The highest BCUT2D eigenvalue weighted by molar-refractivity contribution is 8.18. The number of nitro groups is 1. The Morgan fingerprint density at radius 3 is 2.65 bits per heavy atom. The summed E-state index contributed by atoms with van der Waals surface area (Å²) in [6, 6.07) is 19.5. The van der Waals surface area contributed by atoms with Crippen LogP contribution in [-0.4, -0.2) is 27.1 Å². The van der Waals surface area contributed by atoms with Crippen LogP contribution in [0.4, 0.5) is 5.69 Å². The number of hydrogen-bond acceptors (Lipinski definition) is 7. The highest BCUT2D eigenvalue weighted by atomic mass is 32.2. The summed E-state index contributed by atoms with van der Waals surface area (Å²) >= 11 is 1.16. The molecule has 3 aromatic rings. The molecule has 1 aromatic heterocycles. The molecule has 2 heterocycles. The van der Waals surface area contributed by atoms with Crippen LogP contribution < -0.4 is 0 Å². The molecule has 34 heavy (non-hydrogen) atoms. The molecule has 0 atom stereocenters. The highest BCUT2D eigenvalue weighted by Crippen LogP contribution is 2.34. The highest BCUT2D eigenvalue weighted by Gasteiger charge is 2.34. The van der Waals surface area contributed by atoms with Crippen LogP contribution >= 0.6 is 11.8 Å². The van der Waals surface area contributed by atoms with Crippen molar-refractivity contribution in [3.05, 3.63) is 110 Å². The summed E-state index contributed by atoms with van der Waals surface area (Å²) in [6.45, 7) is 2.11. The van der Waals surface area contributed by atoms with Gasteiger partial charge in [0.05, 0.1) is 28.9 Å². The maximum absolute atomic E-state index is 13.1. The molecule has 2 aromatic carbocycles. The predicted molar refractivity (Wildman–Crippen MR) is 134 cm³/mol. The maximum Gasteiger partial charge on any atom is 0.270 e. The fraction of sp³-hybridized carbons (Fsp3) is 0.0800. The second kappa shape index (κ2) is 10.6. The van der Waals surface area contributed by atoms with Crippen LogP contribution in [0.2, 0.25) is 0 Å². The number of amides is 1. The van der Waals surface area contributed by atoms with Crippen LogP contribution in [0.25, 0.3) is 12.2 Å². The Hall–Kier alpha value is -4.24. The number of non-ortho nitro benzene ring substituents is 1. The Labute approximate surface area is 200 Å². The van der Waals surface area contributed by atoms with Gasteiger partial charge in [0, 0.05) is 12.1 Å². The summed E-state index contributed by atoms with van der Waals surface area (Å²) in [7, 11) is 0.